The summed E-state index contributed by atoms with van der Waals surface area (Å²) in [6, 6.07) is 16.0. The largest absolute Gasteiger partial charge is 0.354 e. The SMILES string of the molecule is CCCNC(=O)C(CC)N(Cc1cccc(C)c1)C(=O)CCc1ccc(C)cc1. The highest BCUT2D eigenvalue weighted by atomic mass is 16.2. The van der Waals surface area contributed by atoms with Crippen molar-refractivity contribution in [2.45, 2.75) is 66.0 Å². The minimum Gasteiger partial charge on any atom is -0.354 e. The van der Waals surface area contributed by atoms with Crippen molar-refractivity contribution >= 4 is 11.8 Å². The molecule has 2 amide bonds. The van der Waals surface area contributed by atoms with Crippen LogP contribution in [0.4, 0.5) is 0 Å². The molecule has 4 nitrogen and oxygen atoms in total. The van der Waals surface area contributed by atoms with Crippen LogP contribution in [0, 0.1) is 13.8 Å². The predicted octanol–water partition coefficient (Wildman–Crippen LogP) is 4.57. The average Bonchev–Trinajstić information content (AvgIpc) is 2.71. The number of aryl methyl sites for hydroxylation is 3. The van der Waals surface area contributed by atoms with Crippen molar-refractivity contribution in [3.63, 3.8) is 0 Å². The van der Waals surface area contributed by atoms with Crippen LogP contribution in [0.1, 0.15) is 55.4 Å². The second kappa shape index (κ2) is 11.4. The Morgan fingerprint density at radius 1 is 0.966 bits per heavy atom. The molecular weight excluding hydrogens is 360 g/mol. The van der Waals surface area contributed by atoms with Gasteiger partial charge in [0.15, 0.2) is 0 Å². The van der Waals surface area contributed by atoms with Crippen molar-refractivity contribution in [1.82, 2.24) is 10.2 Å². The molecule has 2 aromatic carbocycles. The lowest BCUT2D eigenvalue weighted by molar-refractivity contribution is -0.141. The molecule has 0 saturated carbocycles. The number of carbonyl (C=O) groups excluding carboxylic acids is 2. The zero-order valence-corrected chi connectivity index (χ0v) is 18.2. The molecular formula is C25H34N2O2. The molecule has 156 valence electrons. The van der Waals surface area contributed by atoms with Gasteiger partial charge in [0.2, 0.25) is 11.8 Å². The first kappa shape index (κ1) is 22.7. The van der Waals surface area contributed by atoms with Crippen LogP contribution in [0.25, 0.3) is 0 Å². The van der Waals surface area contributed by atoms with Crippen LogP contribution in [-0.2, 0) is 22.6 Å². The van der Waals surface area contributed by atoms with E-state index in [0.717, 1.165) is 23.1 Å². The van der Waals surface area contributed by atoms with Crippen LogP contribution < -0.4 is 5.32 Å². The van der Waals surface area contributed by atoms with Crippen molar-refractivity contribution in [2.24, 2.45) is 0 Å². The Labute approximate surface area is 175 Å². The molecule has 1 unspecified atom stereocenters. The molecule has 0 radical (unpaired) electrons. The molecule has 0 aliphatic heterocycles. The summed E-state index contributed by atoms with van der Waals surface area (Å²) in [5.41, 5.74) is 4.55. The van der Waals surface area contributed by atoms with E-state index in [2.05, 4.69) is 42.6 Å². The first-order valence-corrected chi connectivity index (χ1v) is 10.6. The molecule has 0 aromatic heterocycles. The van der Waals surface area contributed by atoms with Gasteiger partial charge in [-0.3, -0.25) is 9.59 Å². The van der Waals surface area contributed by atoms with Crippen molar-refractivity contribution in [3.8, 4) is 0 Å². The van der Waals surface area contributed by atoms with E-state index in [1.807, 2.05) is 39.0 Å². The minimum atomic E-state index is -0.451. The van der Waals surface area contributed by atoms with E-state index in [1.54, 1.807) is 4.90 Å². The molecule has 0 heterocycles. The van der Waals surface area contributed by atoms with Gasteiger partial charge in [-0.2, -0.15) is 0 Å². The quantitative estimate of drug-likeness (QED) is 0.642. The van der Waals surface area contributed by atoms with Crippen molar-refractivity contribution in [1.29, 1.82) is 0 Å². The van der Waals surface area contributed by atoms with Crippen molar-refractivity contribution < 1.29 is 9.59 Å². The number of nitrogens with zero attached hydrogens (tertiary/aromatic N) is 1. The Balaban J connectivity index is 2.17. The number of nitrogens with one attached hydrogen (secondary N) is 1. The molecule has 2 aromatic rings. The zero-order chi connectivity index (χ0) is 21.2. The van der Waals surface area contributed by atoms with Gasteiger partial charge in [0.25, 0.3) is 0 Å². The lowest BCUT2D eigenvalue weighted by atomic mass is 10.0. The molecule has 1 N–H and O–H groups in total. The zero-order valence-electron chi connectivity index (χ0n) is 18.2. The van der Waals surface area contributed by atoms with Gasteiger partial charge in [-0.25, -0.2) is 0 Å². The first-order chi connectivity index (χ1) is 13.9. The average molecular weight is 395 g/mol. The Morgan fingerprint density at radius 2 is 1.69 bits per heavy atom. The second-order valence-corrected chi connectivity index (χ2v) is 7.71. The first-order valence-electron chi connectivity index (χ1n) is 10.6. The van der Waals surface area contributed by atoms with Crippen LogP contribution in [0.3, 0.4) is 0 Å². The highest BCUT2D eigenvalue weighted by Crippen LogP contribution is 2.16. The molecule has 0 bridgehead atoms. The van der Waals surface area contributed by atoms with E-state index >= 15 is 0 Å². The third kappa shape index (κ3) is 7.04. The monoisotopic (exact) mass is 394 g/mol. The van der Waals surface area contributed by atoms with Crippen LogP contribution in [-0.4, -0.2) is 29.3 Å². The molecule has 0 aliphatic rings. The maximum Gasteiger partial charge on any atom is 0.242 e. The second-order valence-electron chi connectivity index (χ2n) is 7.71. The summed E-state index contributed by atoms with van der Waals surface area (Å²) in [5.74, 6) is -0.0451. The maximum atomic E-state index is 13.2. The number of carbonyl (C=O) groups is 2. The van der Waals surface area contributed by atoms with Crippen LogP contribution >= 0.6 is 0 Å². The van der Waals surface area contributed by atoms with Gasteiger partial charge in [0, 0.05) is 19.5 Å². The maximum absolute atomic E-state index is 13.2. The Morgan fingerprint density at radius 3 is 2.31 bits per heavy atom. The van der Waals surface area contributed by atoms with E-state index < -0.39 is 6.04 Å². The van der Waals surface area contributed by atoms with Crippen molar-refractivity contribution in [2.75, 3.05) is 6.54 Å². The summed E-state index contributed by atoms with van der Waals surface area (Å²) in [6.45, 7) is 9.17. The summed E-state index contributed by atoms with van der Waals surface area (Å²) in [5, 5.41) is 2.96. The summed E-state index contributed by atoms with van der Waals surface area (Å²) in [6.07, 6.45) is 2.54. The third-order valence-electron chi connectivity index (χ3n) is 5.12. The Kier molecular flexibility index (Phi) is 8.91. The van der Waals surface area contributed by atoms with Crippen LogP contribution in [0.2, 0.25) is 0 Å². The number of benzene rings is 2. The van der Waals surface area contributed by atoms with Gasteiger partial charge in [0.05, 0.1) is 0 Å². The summed E-state index contributed by atoms with van der Waals surface area (Å²) in [4.78, 5) is 27.7. The highest BCUT2D eigenvalue weighted by Gasteiger charge is 2.28. The minimum absolute atomic E-state index is 0.0191. The molecule has 0 aliphatic carbocycles. The number of rotatable bonds is 10. The number of hydrogen-bond donors (Lipinski definition) is 1. The number of hydrogen-bond acceptors (Lipinski definition) is 2. The van der Waals surface area contributed by atoms with E-state index in [-0.39, 0.29) is 11.8 Å². The summed E-state index contributed by atoms with van der Waals surface area (Å²) < 4.78 is 0. The third-order valence-corrected chi connectivity index (χ3v) is 5.12. The van der Waals surface area contributed by atoms with E-state index in [0.29, 0.717) is 32.4 Å². The van der Waals surface area contributed by atoms with Crippen LogP contribution in [0.15, 0.2) is 48.5 Å². The Hall–Kier alpha value is -2.62. The molecule has 0 spiro atoms. The molecule has 2 rings (SSSR count). The fourth-order valence-corrected chi connectivity index (χ4v) is 3.44. The molecule has 29 heavy (non-hydrogen) atoms. The molecule has 4 heteroatoms. The fourth-order valence-electron chi connectivity index (χ4n) is 3.44. The lowest BCUT2D eigenvalue weighted by Gasteiger charge is -2.31. The standard InChI is InChI=1S/C25H34N2O2/c1-5-16-26-25(29)23(6-2)27(18-22-9-7-8-20(4)17-22)24(28)15-14-21-12-10-19(3)11-13-21/h7-13,17,23H,5-6,14-16,18H2,1-4H3,(H,26,29). The lowest BCUT2D eigenvalue weighted by Crippen LogP contribution is -2.49. The number of amides is 2. The van der Waals surface area contributed by atoms with Crippen molar-refractivity contribution in [3.05, 3.63) is 70.8 Å². The molecule has 0 fully saturated rings. The van der Waals surface area contributed by atoms with Gasteiger partial charge in [-0.15, -0.1) is 0 Å². The van der Waals surface area contributed by atoms with Gasteiger partial charge in [-0.1, -0.05) is 73.5 Å². The van der Waals surface area contributed by atoms with E-state index in [4.69, 9.17) is 0 Å². The summed E-state index contributed by atoms with van der Waals surface area (Å²) >= 11 is 0. The van der Waals surface area contributed by atoms with E-state index in [1.165, 1.54) is 5.56 Å². The predicted molar refractivity (Wildman–Crippen MR) is 119 cm³/mol. The highest BCUT2D eigenvalue weighted by molar-refractivity contribution is 5.87. The van der Waals surface area contributed by atoms with Gasteiger partial charge < -0.3 is 10.2 Å². The van der Waals surface area contributed by atoms with Gasteiger partial charge in [-0.05, 0) is 44.2 Å². The smallest absolute Gasteiger partial charge is 0.242 e. The Bertz CT molecular complexity index is 799. The van der Waals surface area contributed by atoms with Gasteiger partial charge in [0.1, 0.15) is 6.04 Å². The molecule has 1 atom stereocenters. The van der Waals surface area contributed by atoms with Crippen LogP contribution in [0.5, 0.6) is 0 Å². The fraction of sp³-hybridized carbons (Fsp3) is 0.440. The molecule has 0 saturated heterocycles. The van der Waals surface area contributed by atoms with E-state index in [9.17, 15) is 9.59 Å². The normalized spacial score (nSPS) is 11.7. The summed E-state index contributed by atoms with van der Waals surface area (Å²) in [7, 11) is 0. The van der Waals surface area contributed by atoms with Gasteiger partial charge >= 0.3 is 0 Å². The topological polar surface area (TPSA) is 49.4 Å².